The summed E-state index contributed by atoms with van der Waals surface area (Å²) in [5.74, 6) is -3.25. The van der Waals surface area contributed by atoms with Crippen molar-refractivity contribution in [1.82, 2.24) is 9.78 Å². The zero-order valence-electron chi connectivity index (χ0n) is 17.9. The molecule has 3 N–H and O–H groups in total. The number of aryl methyl sites for hydroxylation is 1. The molecule has 3 aromatic carbocycles. The molecule has 4 aromatic rings. The lowest BCUT2D eigenvalue weighted by molar-refractivity contribution is 0.0992. The summed E-state index contributed by atoms with van der Waals surface area (Å²) >= 11 is 12.2. The first-order valence-corrected chi connectivity index (χ1v) is 11.3. The smallest absolute Gasteiger partial charge is 0.269 e. The van der Waals surface area contributed by atoms with Crippen LogP contribution in [-0.2, 0) is 12.8 Å². The van der Waals surface area contributed by atoms with Crippen molar-refractivity contribution in [3.63, 3.8) is 0 Å². The predicted octanol–water partition coefficient (Wildman–Crippen LogP) is 5.57. The Balaban J connectivity index is 1.62. The molecule has 6 nitrogen and oxygen atoms in total. The molecule has 5 rings (SSSR count). The molecule has 0 unspecified atom stereocenters. The maximum Gasteiger partial charge on any atom is 0.269 e. The van der Waals surface area contributed by atoms with Gasteiger partial charge >= 0.3 is 0 Å². The third kappa shape index (κ3) is 4.05. The minimum atomic E-state index is -1.05. The highest BCUT2D eigenvalue weighted by atomic mass is 35.5. The van der Waals surface area contributed by atoms with Crippen molar-refractivity contribution in [2.75, 3.05) is 5.32 Å². The summed E-state index contributed by atoms with van der Waals surface area (Å²) in [7, 11) is 0. The molecule has 0 radical (unpaired) electrons. The lowest BCUT2D eigenvalue weighted by atomic mass is 9.88. The predicted molar refractivity (Wildman–Crippen MR) is 129 cm³/mol. The van der Waals surface area contributed by atoms with Crippen LogP contribution >= 0.6 is 23.2 Å². The number of carbonyl (C=O) groups is 2. The lowest BCUT2D eigenvalue weighted by Crippen LogP contribution is -2.16. The maximum absolute atomic E-state index is 14.0. The van der Waals surface area contributed by atoms with Gasteiger partial charge < -0.3 is 11.1 Å². The number of hydrogen-bond donors (Lipinski definition) is 2. The number of carbonyl (C=O) groups excluding carboxylic acids is 2. The van der Waals surface area contributed by atoms with Crippen LogP contribution in [0.5, 0.6) is 0 Å². The van der Waals surface area contributed by atoms with Gasteiger partial charge in [-0.05, 0) is 54.8 Å². The summed E-state index contributed by atoms with van der Waals surface area (Å²) in [4.78, 5) is 25.0. The van der Waals surface area contributed by atoms with E-state index >= 15 is 0 Å². The van der Waals surface area contributed by atoms with Crippen molar-refractivity contribution in [2.24, 2.45) is 5.73 Å². The second-order valence-corrected chi connectivity index (χ2v) is 8.76. The molecular weight excluding hydrogens is 497 g/mol. The average molecular weight is 513 g/mol. The fraction of sp³-hybridized carbons (Fsp3) is 0.0800. The number of benzene rings is 3. The number of nitrogens with two attached hydrogens (primary N) is 1. The number of halogens is 4. The van der Waals surface area contributed by atoms with Crippen LogP contribution in [0.2, 0.25) is 10.0 Å². The molecule has 1 aliphatic carbocycles. The summed E-state index contributed by atoms with van der Waals surface area (Å²) in [6, 6.07) is 13.4. The first-order valence-electron chi connectivity index (χ1n) is 10.5. The number of fused-ring (bicyclic) bond motifs is 3. The van der Waals surface area contributed by atoms with Crippen molar-refractivity contribution >= 4 is 40.7 Å². The first kappa shape index (κ1) is 23.0. The highest BCUT2D eigenvalue weighted by Gasteiger charge is 2.29. The number of anilines is 1. The third-order valence-corrected chi connectivity index (χ3v) is 6.65. The van der Waals surface area contributed by atoms with E-state index in [0.717, 1.165) is 17.7 Å². The Hall–Kier alpha value is -3.75. The van der Waals surface area contributed by atoms with Crippen LogP contribution < -0.4 is 11.1 Å². The van der Waals surface area contributed by atoms with Gasteiger partial charge in [0.2, 0.25) is 0 Å². The monoisotopic (exact) mass is 512 g/mol. The molecule has 1 aliphatic rings. The van der Waals surface area contributed by atoms with Gasteiger partial charge in [0.25, 0.3) is 11.8 Å². The van der Waals surface area contributed by atoms with Crippen LogP contribution in [0.15, 0.2) is 54.6 Å². The molecule has 0 aliphatic heterocycles. The summed E-state index contributed by atoms with van der Waals surface area (Å²) in [6.07, 6.45) is 1.08. The van der Waals surface area contributed by atoms with Gasteiger partial charge in [0, 0.05) is 22.9 Å². The highest BCUT2D eigenvalue weighted by molar-refractivity contribution is 6.44. The van der Waals surface area contributed by atoms with Crippen LogP contribution in [0.25, 0.3) is 16.9 Å². The van der Waals surface area contributed by atoms with E-state index in [9.17, 15) is 18.4 Å². The number of amides is 2. The van der Waals surface area contributed by atoms with Crippen LogP contribution in [0.4, 0.5) is 14.5 Å². The Kier molecular flexibility index (Phi) is 5.78. The fourth-order valence-electron chi connectivity index (χ4n) is 4.20. The number of rotatable bonds is 4. The molecule has 0 fully saturated rings. The SMILES string of the molecule is NC(=O)c1nn(-c2ccc(F)c(F)c2)c2c1CCc1ccc(NC(=O)c3cccc(Cl)c3Cl)cc1-2. The second-order valence-electron chi connectivity index (χ2n) is 7.98. The van der Waals surface area contributed by atoms with Gasteiger partial charge in [0.15, 0.2) is 17.3 Å². The average Bonchev–Trinajstić information content (AvgIpc) is 3.23. The van der Waals surface area contributed by atoms with Crippen molar-refractivity contribution in [3.8, 4) is 16.9 Å². The van der Waals surface area contributed by atoms with Crippen LogP contribution in [0, 0.1) is 11.6 Å². The number of aromatic nitrogens is 2. The van der Waals surface area contributed by atoms with Crippen molar-refractivity contribution < 1.29 is 18.4 Å². The molecule has 0 bridgehead atoms. The zero-order chi connectivity index (χ0) is 24.9. The van der Waals surface area contributed by atoms with Crippen molar-refractivity contribution in [1.29, 1.82) is 0 Å². The molecule has 0 saturated carbocycles. The van der Waals surface area contributed by atoms with E-state index in [-0.39, 0.29) is 27.0 Å². The first-order chi connectivity index (χ1) is 16.7. The van der Waals surface area contributed by atoms with E-state index in [2.05, 4.69) is 10.4 Å². The van der Waals surface area contributed by atoms with E-state index in [4.69, 9.17) is 28.9 Å². The summed E-state index contributed by atoms with van der Waals surface area (Å²) in [5, 5.41) is 7.51. The van der Waals surface area contributed by atoms with E-state index in [0.29, 0.717) is 35.3 Å². The largest absolute Gasteiger partial charge is 0.364 e. The molecule has 176 valence electrons. The highest BCUT2D eigenvalue weighted by Crippen LogP contribution is 2.38. The van der Waals surface area contributed by atoms with Gasteiger partial charge in [-0.15, -0.1) is 0 Å². The zero-order valence-corrected chi connectivity index (χ0v) is 19.4. The Bertz CT molecular complexity index is 1530. The molecule has 0 atom stereocenters. The molecule has 0 spiro atoms. The number of hydrogen-bond acceptors (Lipinski definition) is 3. The molecule has 10 heteroatoms. The third-order valence-electron chi connectivity index (χ3n) is 5.83. The number of nitrogens with zero attached hydrogens (tertiary/aromatic N) is 2. The lowest BCUT2D eigenvalue weighted by Gasteiger charge is -2.20. The Morgan fingerprint density at radius 3 is 2.54 bits per heavy atom. The molecule has 0 saturated heterocycles. The normalized spacial score (nSPS) is 12.1. The number of primary amides is 1. The Morgan fingerprint density at radius 2 is 1.80 bits per heavy atom. The maximum atomic E-state index is 14.0. The summed E-state index contributed by atoms with van der Waals surface area (Å²) in [5.41, 5.74) is 9.21. The van der Waals surface area contributed by atoms with E-state index in [1.54, 1.807) is 30.3 Å². The fourth-order valence-corrected chi connectivity index (χ4v) is 4.58. The van der Waals surface area contributed by atoms with Gasteiger partial charge in [0.1, 0.15) is 0 Å². The van der Waals surface area contributed by atoms with Crippen LogP contribution in [0.1, 0.15) is 32.0 Å². The minimum Gasteiger partial charge on any atom is -0.364 e. The van der Waals surface area contributed by atoms with Gasteiger partial charge in [0.05, 0.1) is 27.0 Å². The Labute approximate surface area is 208 Å². The second kappa shape index (κ2) is 8.79. The van der Waals surface area contributed by atoms with Gasteiger partial charge in [-0.2, -0.15) is 5.10 Å². The van der Waals surface area contributed by atoms with Crippen molar-refractivity contribution in [3.05, 3.63) is 98.7 Å². The molecule has 1 heterocycles. The standard InChI is InChI=1S/C25H16Cl2F2N4O2/c26-18-3-1-2-15(21(18)27)25(35)31-13-6-4-12-5-8-16-22(24(30)34)32-33(23(16)17(12)10-13)14-7-9-19(28)20(29)11-14/h1-4,6-7,9-11H,5,8H2,(H2,30,34)(H,31,35). The van der Waals surface area contributed by atoms with Crippen LogP contribution in [-0.4, -0.2) is 21.6 Å². The van der Waals surface area contributed by atoms with E-state index in [1.165, 1.54) is 10.7 Å². The van der Waals surface area contributed by atoms with Crippen LogP contribution in [0.3, 0.4) is 0 Å². The van der Waals surface area contributed by atoms with Crippen molar-refractivity contribution in [2.45, 2.75) is 12.8 Å². The van der Waals surface area contributed by atoms with Gasteiger partial charge in [-0.25, -0.2) is 13.5 Å². The molecule has 1 aromatic heterocycles. The summed E-state index contributed by atoms with van der Waals surface area (Å²) in [6.45, 7) is 0. The van der Waals surface area contributed by atoms with Gasteiger partial charge in [-0.1, -0.05) is 35.3 Å². The van der Waals surface area contributed by atoms with E-state index in [1.807, 2.05) is 6.07 Å². The Morgan fingerprint density at radius 1 is 1.00 bits per heavy atom. The quantitative estimate of drug-likeness (QED) is 0.374. The molecule has 35 heavy (non-hydrogen) atoms. The van der Waals surface area contributed by atoms with Gasteiger partial charge in [-0.3, -0.25) is 9.59 Å². The minimum absolute atomic E-state index is 0.0514. The molecule has 2 amide bonds. The number of nitrogens with one attached hydrogen (secondary N) is 1. The summed E-state index contributed by atoms with van der Waals surface area (Å²) < 4.78 is 28.9. The topological polar surface area (TPSA) is 90.0 Å². The van der Waals surface area contributed by atoms with E-state index < -0.39 is 23.4 Å². The molecular formula is C25H16Cl2F2N4O2.